The number of nitrogens with zero attached hydrogens (tertiary/aromatic N) is 3. The molecule has 1 fully saturated rings. The summed E-state index contributed by atoms with van der Waals surface area (Å²) in [6.45, 7) is 0.0302. The maximum Gasteiger partial charge on any atom is 0.325 e. The van der Waals surface area contributed by atoms with Crippen LogP contribution in [-0.2, 0) is 22.7 Å². The molecule has 0 aromatic carbocycles. The predicted molar refractivity (Wildman–Crippen MR) is 69.4 cm³/mol. The van der Waals surface area contributed by atoms with Crippen molar-refractivity contribution < 1.29 is 14.7 Å². The summed E-state index contributed by atoms with van der Waals surface area (Å²) in [5.41, 5.74) is 6.35. The zero-order valence-electron chi connectivity index (χ0n) is 11.2. The molecule has 8 nitrogen and oxygen atoms in total. The molecule has 1 aromatic rings. The van der Waals surface area contributed by atoms with Gasteiger partial charge in [-0.25, -0.2) is 4.68 Å². The van der Waals surface area contributed by atoms with Crippen LogP contribution in [0.3, 0.4) is 0 Å². The SMILES string of the molecule is NC1CCC(C(=O)NCc2cn(CC(=O)O)nn2)CC1. The lowest BCUT2D eigenvalue weighted by molar-refractivity contribution is -0.138. The molecule has 0 aliphatic heterocycles. The van der Waals surface area contributed by atoms with Crippen molar-refractivity contribution in [1.82, 2.24) is 20.3 Å². The molecule has 1 saturated carbocycles. The fourth-order valence-electron chi connectivity index (χ4n) is 2.34. The van der Waals surface area contributed by atoms with Crippen LogP contribution in [0.5, 0.6) is 0 Å². The maximum atomic E-state index is 12.0. The number of nitrogens with two attached hydrogens (primary N) is 1. The second kappa shape index (κ2) is 6.47. The number of hydrogen-bond donors (Lipinski definition) is 3. The van der Waals surface area contributed by atoms with E-state index in [1.807, 2.05) is 0 Å². The molecule has 0 saturated heterocycles. The van der Waals surface area contributed by atoms with Crippen molar-refractivity contribution in [2.24, 2.45) is 11.7 Å². The average molecular weight is 281 g/mol. The minimum Gasteiger partial charge on any atom is -0.480 e. The van der Waals surface area contributed by atoms with E-state index < -0.39 is 5.97 Å². The molecule has 1 heterocycles. The summed E-state index contributed by atoms with van der Waals surface area (Å²) in [4.78, 5) is 22.5. The molecule has 2 rings (SSSR count). The van der Waals surface area contributed by atoms with E-state index in [2.05, 4.69) is 15.6 Å². The number of nitrogens with one attached hydrogen (secondary N) is 1. The minimum absolute atomic E-state index is 0.00434. The Balaban J connectivity index is 1.78. The Morgan fingerprint density at radius 2 is 2.10 bits per heavy atom. The summed E-state index contributed by atoms with van der Waals surface area (Å²) in [6.07, 6.45) is 4.92. The van der Waals surface area contributed by atoms with Crippen LogP contribution in [-0.4, -0.2) is 38.0 Å². The number of carboxylic acid groups (broad SMARTS) is 1. The standard InChI is InChI=1S/C12H19N5O3/c13-9-3-1-8(2-4-9)12(20)14-5-10-6-17(16-15-10)7-11(18)19/h6,8-9H,1-5,7,13H2,(H,14,20)(H,18,19). The van der Waals surface area contributed by atoms with E-state index in [9.17, 15) is 9.59 Å². The molecular weight excluding hydrogens is 262 g/mol. The number of aromatic nitrogens is 3. The smallest absolute Gasteiger partial charge is 0.325 e. The number of carbonyl (C=O) groups is 2. The van der Waals surface area contributed by atoms with Crippen molar-refractivity contribution in [3.8, 4) is 0 Å². The van der Waals surface area contributed by atoms with Gasteiger partial charge in [0.15, 0.2) is 0 Å². The normalized spacial score (nSPS) is 22.4. The van der Waals surface area contributed by atoms with Crippen molar-refractivity contribution in [1.29, 1.82) is 0 Å². The molecule has 4 N–H and O–H groups in total. The monoisotopic (exact) mass is 281 g/mol. The highest BCUT2D eigenvalue weighted by atomic mass is 16.4. The first-order valence-electron chi connectivity index (χ1n) is 6.68. The lowest BCUT2D eigenvalue weighted by Crippen LogP contribution is -2.36. The van der Waals surface area contributed by atoms with E-state index in [-0.39, 0.29) is 31.0 Å². The predicted octanol–water partition coefficient (Wildman–Crippen LogP) is -0.504. The van der Waals surface area contributed by atoms with Gasteiger partial charge in [0, 0.05) is 12.0 Å². The molecule has 0 bridgehead atoms. The quantitative estimate of drug-likeness (QED) is 0.668. The molecule has 8 heteroatoms. The Hall–Kier alpha value is -1.96. The van der Waals surface area contributed by atoms with Crippen molar-refractivity contribution in [3.63, 3.8) is 0 Å². The topological polar surface area (TPSA) is 123 Å². The van der Waals surface area contributed by atoms with E-state index >= 15 is 0 Å². The molecule has 0 atom stereocenters. The molecule has 0 spiro atoms. The first kappa shape index (κ1) is 14.4. The molecule has 110 valence electrons. The fraction of sp³-hybridized carbons (Fsp3) is 0.667. The molecule has 1 aliphatic carbocycles. The molecule has 1 amide bonds. The minimum atomic E-state index is -0.982. The van der Waals surface area contributed by atoms with Gasteiger partial charge in [0.1, 0.15) is 12.2 Å². The van der Waals surface area contributed by atoms with E-state index in [0.29, 0.717) is 5.69 Å². The van der Waals surface area contributed by atoms with E-state index in [4.69, 9.17) is 10.8 Å². The van der Waals surface area contributed by atoms with Crippen molar-refractivity contribution in [2.45, 2.75) is 44.8 Å². The van der Waals surface area contributed by atoms with E-state index in [1.165, 1.54) is 10.9 Å². The molecule has 0 unspecified atom stereocenters. The Morgan fingerprint density at radius 1 is 1.40 bits per heavy atom. The van der Waals surface area contributed by atoms with Crippen LogP contribution in [0.4, 0.5) is 0 Å². The van der Waals surface area contributed by atoms with Gasteiger partial charge in [-0.3, -0.25) is 9.59 Å². The van der Waals surface area contributed by atoms with Crippen molar-refractivity contribution in [2.75, 3.05) is 0 Å². The largest absolute Gasteiger partial charge is 0.480 e. The van der Waals surface area contributed by atoms with Crippen molar-refractivity contribution in [3.05, 3.63) is 11.9 Å². The number of hydrogen-bond acceptors (Lipinski definition) is 5. The molecule has 0 radical (unpaired) electrons. The number of carboxylic acids is 1. The van der Waals surface area contributed by atoms with Crippen molar-refractivity contribution >= 4 is 11.9 Å². The zero-order valence-corrected chi connectivity index (χ0v) is 11.2. The lowest BCUT2D eigenvalue weighted by atomic mass is 9.86. The molecule has 20 heavy (non-hydrogen) atoms. The third-order valence-electron chi connectivity index (χ3n) is 3.47. The highest BCUT2D eigenvalue weighted by molar-refractivity contribution is 5.78. The van der Waals surface area contributed by atoms with Crippen LogP contribution in [0, 0.1) is 5.92 Å². The molecular formula is C12H19N5O3. The summed E-state index contributed by atoms with van der Waals surface area (Å²) in [6, 6.07) is 0.218. The van der Waals surface area contributed by atoms with Gasteiger partial charge >= 0.3 is 5.97 Å². The maximum absolute atomic E-state index is 12.0. The fourth-order valence-corrected chi connectivity index (χ4v) is 2.34. The second-order valence-corrected chi connectivity index (χ2v) is 5.13. The number of carbonyl (C=O) groups excluding carboxylic acids is 1. The van der Waals surface area contributed by atoms with Crippen LogP contribution in [0.15, 0.2) is 6.20 Å². The van der Waals surface area contributed by atoms with Crippen LogP contribution >= 0.6 is 0 Å². The first-order valence-corrected chi connectivity index (χ1v) is 6.68. The Morgan fingerprint density at radius 3 is 2.75 bits per heavy atom. The number of amides is 1. The zero-order chi connectivity index (χ0) is 14.5. The Bertz CT molecular complexity index is 479. The van der Waals surface area contributed by atoms with Gasteiger partial charge in [0.25, 0.3) is 0 Å². The van der Waals surface area contributed by atoms with E-state index in [1.54, 1.807) is 0 Å². The van der Waals surface area contributed by atoms with Crippen LogP contribution in [0.25, 0.3) is 0 Å². The summed E-state index contributed by atoms with van der Waals surface area (Å²) in [5.74, 6) is -0.961. The van der Waals surface area contributed by atoms with Crippen LogP contribution < -0.4 is 11.1 Å². The van der Waals surface area contributed by atoms with Crippen LogP contribution in [0.2, 0.25) is 0 Å². The second-order valence-electron chi connectivity index (χ2n) is 5.13. The first-order chi connectivity index (χ1) is 9.54. The van der Waals surface area contributed by atoms with Gasteiger partial charge in [-0.2, -0.15) is 0 Å². The summed E-state index contributed by atoms with van der Waals surface area (Å²) < 4.78 is 1.23. The molecule has 1 aliphatic rings. The number of rotatable bonds is 5. The summed E-state index contributed by atoms with van der Waals surface area (Å²) >= 11 is 0. The average Bonchev–Trinajstić information content (AvgIpc) is 2.83. The Kier molecular flexibility index (Phi) is 4.67. The summed E-state index contributed by atoms with van der Waals surface area (Å²) in [5, 5.41) is 18.9. The summed E-state index contributed by atoms with van der Waals surface area (Å²) in [7, 11) is 0. The highest BCUT2D eigenvalue weighted by Crippen LogP contribution is 2.23. The van der Waals surface area contributed by atoms with E-state index in [0.717, 1.165) is 25.7 Å². The van der Waals surface area contributed by atoms with Gasteiger partial charge in [0.05, 0.1) is 12.7 Å². The van der Waals surface area contributed by atoms with Gasteiger partial charge in [-0.05, 0) is 25.7 Å². The highest BCUT2D eigenvalue weighted by Gasteiger charge is 2.24. The third kappa shape index (κ3) is 4.02. The van der Waals surface area contributed by atoms with Gasteiger partial charge in [-0.15, -0.1) is 5.10 Å². The van der Waals surface area contributed by atoms with Crippen LogP contribution in [0.1, 0.15) is 31.4 Å². The molecule has 1 aromatic heterocycles. The van der Waals surface area contributed by atoms with Gasteiger partial charge in [-0.1, -0.05) is 5.21 Å². The third-order valence-corrected chi connectivity index (χ3v) is 3.47. The number of aliphatic carboxylic acids is 1. The Labute approximate surface area is 116 Å². The van der Waals surface area contributed by atoms with Gasteiger partial charge < -0.3 is 16.2 Å². The lowest BCUT2D eigenvalue weighted by Gasteiger charge is -2.24. The van der Waals surface area contributed by atoms with Gasteiger partial charge in [0.2, 0.25) is 5.91 Å².